The van der Waals surface area contributed by atoms with Crippen LogP contribution >= 0.6 is 11.8 Å². The van der Waals surface area contributed by atoms with Gasteiger partial charge in [0.1, 0.15) is 5.82 Å². The molecule has 20 heavy (non-hydrogen) atoms. The molecule has 0 fully saturated rings. The molecule has 0 aliphatic rings. The van der Waals surface area contributed by atoms with Gasteiger partial charge in [0.05, 0.1) is 27.8 Å². The Labute approximate surface area is 119 Å². The zero-order valence-electron chi connectivity index (χ0n) is 10.6. The van der Waals surface area contributed by atoms with Crippen LogP contribution in [0.4, 0.5) is 0 Å². The molecule has 2 aromatic heterocycles. The quantitative estimate of drug-likeness (QED) is 0.562. The third-order valence-electron chi connectivity index (χ3n) is 3.15. The second-order valence-electron chi connectivity index (χ2n) is 4.55. The van der Waals surface area contributed by atoms with Crippen LogP contribution in [-0.4, -0.2) is 19.9 Å². The van der Waals surface area contributed by atoms with E-state index in [1.54, 1.807) is 11.8 Å². The first-order valence-electron chi connectivity index (χ1n) is 6.40. The number of hydrogen-bond acceptors (Lipinski definition) is 3. The number of aromatic amines is 2. The highest BCUT2D eigenvalue weighted by molar-refractivity contribution is 7.98. The molecule has 0 amide bonds. The van der Waals surface area contributed by atoms with Crippen LogP contribution < -0.4 is 0 Å². The van der Waals surface area contributed by atoms with Gasteiger partial charge in [-0.05, 0) is 24.3 Å². The van der Waals surface area contributed by atoms with E-state index in [0.717, 1.165) is 38.8 Å². The number of thioether (sulfide) groups is 1. The first-order chi connectivity index (χ1) is 9.88. The van der Waals surface area contributed by atoms with E-state index >= 15 is 0 Å². The second-order valence-corrected chi connectivity index (χ2v) is 5.51. The fourth-order valence-electron chi connectivity index (χ4n) is 2.21. The van der Waals surface area contributed by atoms with Crippen LogP contribution in [0.5, 0.6) is 0 Å². The van der Waals surface area contributed by atoms with Gasteiger partial charge >= 0.3 is 0 Å². The van der Waals surface area contributed by atoms with Crippen molar-refractivity contribution in [1.29, 1.82) is 0 Å². The Hall–Kier alpha value is -2.27. The van der Waals surface area contributed by atoms with E-state index in [2.05, 4.69) is 19.9 Å². The van der Waals surface area contributed by atoms with Gasteiger partial charge in [0, 0.05) is 0 Å². The zero-order chi connectivity index (χ0) is 13.4. The van der Waals surface area contributed by atoms with Gasteiger partial charge < -0.3 is 9.97 Å². The average Bonchev–Trinajstić information content (AvgIpc) is 3.07. The minimum absolute atomic E-state index is 0.772. The van der Waals surface area contributed by atoms with Crippen molar-refractivity contribution in [2.45, 2.75) is 10.9 Å². The summed E-state index contributed by atoms with van der Waals surface area (Å²) in [5, 5.41) is 0.923. The Kier molecular flexibility index (Phi) is 2.70. The molecule has 0 bridgehead atoms. The van der Waals surface area contributed by atoms with Crippen molar-refractivity contribution in [2.75, 3.05) is 0 Å². The Morgan fingerprint density at radius 2 is 1.45 bits per heavy atom. The number of imidazole rings is 2. The molecule has 0 aliphatic heterocycles. The fraction of sp³-hybridized carbons (Fsp3) is 0.0667. The van der Waals surface area contributed by atoms with E-state index in [9.17, 15) is 0 Å². The molecular weight excluding hydrogens is 268 g/mol. The predicted octanol–water partition coefficient (Wildman–Crippen LogP) is 3.73. The van der Waals surface area contributed by atoms with E-state index in [0.29, 0.717) is 0 Å². The lowest BCUT2D eigenvalue weighted by atomic mass is 10.3. The molecule has 0 saturated carbocycles. The lowest BCUT2D eigenvalue weighted by Gasteiger charge is -1.93. The van der Waals surface area contributed by atoms with Gasteiger partial charge in [-0.15, -0.1) is 0 Å². The minimum atomic E-state index is 0.772. The standard InChI is InChI=1S/C15H12N4S/c1-2-6-11-10(5-1)16-14(17-11)9-20-15-18-12-7-3-4-8-13(12)19-15/h1-8H,9H2,(H,16,17)(H,18,19). The molecule has 2 aromatic carbocycles. The monoisotopic (exact) mass is 280 g/mol. The summed E-state index contributed by atoms with van der Waals surface area (Å²) in [7, 11) is 0. The fourth-order valence-corrected chi connectivity index (χ4v) is 2.96. The SMILES string of the molecule is c1ccc2[nH]c(CSc3nc4ccccc4[nH]3)nc2c1. The largest absolute Gasteiger partial charge is 0.341 e. The highest BCUT2D eigenvalue weighted by Gasteiger charge is 2.06. The molecule has 0 unspecified atom stereocenters. The second kappa shape index (κ2) is 4.68. The zero-order valence-corrected chi connectivity index (χ0v) is 11.4. The molecule has 98 valence electrons. The van der Waals surface area contributed by atoms with Gasteiger partial charge in [0.25, 0.3) is 0 Å². The molecule has 2 N–H and O–H groups in total. The Balaban J connectivity index is 1.57. The molecule has 4 rings (SSSR count). The lowest BCUT2D eigenvalue weighted by Crippen LogP contribution is -1.84. The summed E-state index contributed by atoms with van der Waals surface area (Å²) in [5.74, 6) is 1.74. The number of benzene rings is 2. The van der Waals surface area contributed by atoms with E-state index in [4.69, 9.17) is 0 Å². The van der Waals surface area contributed by atoms with Crippen molar-refractivity contribution in [1.82, 2.24) is 19.9 Å². The number of aromatic nitrogens is 4. The van der Waals surface area contributed by atoms with Gasteiger partial charge in [-0.1, -0.05) is 36.0 Å². The first kappa shape index (κ1) is 11.5. The normalized spacial score (nSPS) is 11.4. The Morgan fingerprint density at radius 1 is 0.800 bits per heavy atom. The van der Waals surface area contributed by atoms with Gasteiger partial charge in [0.15, 0.2) is 5.16 Å². The first-order valence-corrected chi connectivity index (χ1v) is 7.38. The Bertz CT molecular complexity index is 737. The van der Waals surface area contributed by atoms with Crippen LogP contribution in [0, 0.1) is 0 Å². The van der Waals surface area contributed by atoms with E-state index < -0.39 is 0 Å². The number of rotatable bonds is 3. The van der Waals surface area contributed by atoms with Crippen LogP contribution in [0.2, 0.25) is 0 Å². The predicted molar refractivity (Wildman–Crippen MR) is 81.7 cm³/mol. The molecule has 5 heteroatoms. The maximum Gasteiger partial charge on any atom is 0.166 e. The maximum atomic E-state index is 4.56. The topological polar surface area (TPSA) is 57.4 Å². The van der Waals surface area contributed by atoms with Gasteiger partial charge in [0.2, 0.25) is 0 Å². The van der Waals surface area contributed by atoms with Crippen LogP contribution in [0.3, 0.4) is 0 Å². The molecule has 0 saturated heterocycles. The van der Waals surface area contributed by atoms with Crippen molar-refractivity contribution in [2.24, 2.45) is 0 Å². The summed E-state index contributed by atoms with van der Waals surface area (Å²) in [6.45, 7) is 0. The number of nitrogens with zero attached hydrogens (tertiary/aromatic N) is 2. The Morgan fingerprint density at radius 3 is 2.15 bits per heavy atom. The maximum absolute atomic E-state index is 4.56. The van der Waals surface area contributed by atoms with Crippen LogP contribution in [0.25, 0.3) is 22.1 Å². The number of para-hydroxylation sites is 4. The number of fused-ring (bicyclic) bond motifs is 2. The smallest absolute Gasteiger partial charge is 0.166 e. The van der Waals surface area contributed by atoms with Crippen LogP contribution in [0.15, 0.2) is 53.7 Å². The van der Waals surface area contributed by atoms with Crippen molar-refractivity contribution >= 4 is 33.8 Å². The number of nitrogens with one attached hydrogen (secondary N) is 2. The molecule has 2 heterocycles. The summed E-state index contributed by atoms with van der Waals surface area (Å²) in [6.07, 6.45) is 0. The summed E-state index contributed by atoms with van der Waals surface area (Å²) in [5.41, 5.74) is 4.15. The number of hydrogen-bond donors (Lipinski definition) is 2. The molecule has 4 aromatic rings. The summed E-state index contributed by atoms with van der Waals surface area (Å²) in [6, 6.07) is 16.1. The lowest BCUT2D eigenvalue weighted by molar-refractivity contribution is 1.06. The third kappa shape index (κ3) is 2.06. The molecule has 0 aliphatic carbocycles. The number of H-pyrrole nitrogens is 2. The molecular formula is C15H12N4S. The highest BCUT2D eigenvalue weighted by Crippen LogP contribution is 2.23. The minimum Gasteiger partial charge on any atom is -0.341 e. The van der Waals surface area contributed by atoms with E-state index in [1.807, 2.05) is 48.5 Å². The van der Waals surface area contributed by atoms with Crippen LogP contribution in [-0.2, 0) is 5.75 Å². The van der Waals surface area contributed by atoms with Gasteiger partial charge in [-0.2, -0.15) is 0 Å². The summed E-state index contributed by atoms with van der Waals surface area (Å²) < 4.78 is 0. The highest BCUT2D eigenvalue weighted by atomic mass is 32.2. The van der Waals surface area contributed by atoms with Crippen molar-refractivity contribution in [3.05, 3.63) is 54.4 Å². The average molecular weight is 280 g/mol. The molecule has 4 nitrogen and oxygen atoms in total. The van der Waals surface area contributed by atoms with Gasteiger partial charge in [-0.3, -0.25) is 0 Å². The summed E-state index contributed by atoms with van der Waals surface area (Å²) >= 11 is 1.65. The van der Waals surface area contributed by atoms with E-state index in [-0.39, 0.29) is 0 Å². The third-order valence-corrected chi connectivity index (χ3v) is 4.04. The van der Waals surface area contributed by atoms with Crippen LogP contribution in [0.1, 0.15) is 5.82 Å². The van der Waals surface area contributed by atoms with Crippen molar-refractivity contribution in [3.8, 4) is 0 Å². The molecule has 0 spiro atoms. The summed E-state index contributed by atoms with van der Waals surface area (Å²) in [4.78, 5) is 15.7. The van der Waals surface area contributed by atoms with Crippen molar-refractivity contribution in [3.63, 3.8) is 0 Å². The molecule has 0 radical (unpaired) electrons. The van der Waals surface area contributed by atoms with Gasteiger partial charge in [-0.25, -0.2) is 9.97 Å². The molecule has 0 atom stereocenters. The van der Waals surface area contributed by atoms with Crippen molar-refractivity contribution < 1.29 is 0 Å². The van der Waals surface area contributed by atoms with E-state index in [1.165, 1.54) is 0 Å².